The van der Waals surface area contributed by atoms with E-state index in [0.29, 0.717) is 49.1 Å². The number of carbonyl (C=O) groups is 1. The van der Waals surface area contributed by atoms with Crippen LogP contribution in [0.2, 0.25) is 0 Å². The SMILES string of the molecule is C[C@H](CC(=O)N1CCC(O)(Cn2cnc3c(-c4cccc(C#N)c4)n(C)nc3c2=O)CC1)c1ccccc1. The van der Waals surface area contributed by atoms with Crippen LogP contribution in [0.5, 0.6) is 0 Å². The Morgan fingerprint density at radius 3 is 2.58 bits per heavy atom. The van der Waals surface area contributed by atoms with Gasteiger partial charge in [0.05, 0.1) is 35.8 Å². The van der Waals surface area contributed by atoms with Gasteiger partial charge in [-0.1, -0.05) is 49.4 Å². The fourth-order valence-corrected chi connectivity index (χ4v) is 5.21. The number of benzene rings is 2. The molecule has 9 nitrogen and oxygen atoms in total. The molecule has 2 aromatic carbocycles. The minimum atomic E-state index is -1.13. The van der Waals surface area contributed by atoms with Crippen molar-refractivity contribution >= 4 is 16.9 Å². The van der Waals surface area contributed by atoms with E-state index < -0.39 is 5.60 Å². The molecule has 3 heterocycles. The monoisotopic (exact) mass is 510 g/mol. The lowest BCUT2D eigenvalue weighted by atomic mass is 9.90. The summed E-state index contributed by atoms with van der Waals surface area (Å²) in [4.78, 5) is 32.5. The highest BCUT2D eigenvalue weighted by Crippen LogP contribution is 2.28. The van der Waals surface area contributed by atoms with Crippen LogP contribution >= 0.6 is 0 Å². The molecular formula is C29H30N6O3. The molecule has 0 unspecified atom stereocenters. The number of fused-ring (bicyclic) bond motifs is 1. The van der Waals surface area contributed by atoms with Gasteiger partial charge >= 0.3 is 0 Å². The molecule has 1 aliphatic rings. The van der Waals surface area contributed by atoms with Gasteiger partial charge in [0.1, 0.15) is 5.52 Å². The number of hydrogen-bond acceptors (Lipinski definition) is 6. The number of nitrogens with zero attached hydrogens (tertiary/aromatic N) is 6. The number of aryl methyl sites for hydroxylation is 1. The van der Waals surface area contributed by atoms with E-state index in [9.17, 15) is 20.0 Å². The number of piperidine rings is 1. The van der Waals surface area contributed by atoms with E-state index >= 15 is 0 Å². The fourth-order valence-electron chi connectivity index (χ4n) is 5.21. The summed E-state index contributed by atoms with van der Waals surface area (Å²) in [6.45, 7) is 2.99. The molecule has 1 N–H and O–H groups in total. The molecule has 0 radical (unpaired) electrons. The second-order valence-electron chi connectivity index (χ2n) is 10.2. The molecule has 1 atom stereocenters. The molecule has 1 aliphatic heterocycles. The summed E-state index contributed by atoms with van der Waals surface area (Å²) in [5.41, 5.74) is 2.23. The summed E-state index contributed by atoms with van der Waals surface area (Å²) in [6, 6.07) is 19.2. The Labute approximate surface area is 220 Å². The normalized spacial score (nSPS) is 15.8. The Kier molecular flexibility index (Phi) is 6.83. The fraction of sp³-hybridized carbons (Fsp3) is 0.345. The number of rotatable bonds is 6. The van der Waals surface area contributed by atoms with E-state index in [1.54, 1.807) is 34.8 Å². The van der Waals surface area contributed by atoms with Gasteiger partial charge in [-0.25, -0.2) is 4.98 Å². The lowest BCUT2D eigenvalue weighted by Gasteiger charge is -2.38. The number of likely N-dealkylation sites (tertiary alicyclic amines) is 1. The van der Waals surface area contributed by atoms with Gasteiger partial charge in [-0.2, -0.15) is 10.4 Å². The van der Waals surface area contributed by atoms with E-state index in [-0.39, 0.29) is 29.4 Å². The molecule has 9 heteroatoms. The first-order valence-corrected chi connectivity index (χ1v) is 12.8. The zero-order chi connectivity index (χ0) is 26.9. The standard InChI is InChI=1S/C29H30N6O3/c1-20(22-8-4-3-5-9-22)15-24(36)34-13-11-29(38,12-14-34)18-35-19-31-25-26(28(35)37)32-33(2)27(25)23-10-6-7-21(16-23)17-30/h3-10,16,19-20,38H,11-15,18H2,1-2H3/t20-/m1/s1. The van der Waals surface area contributed by atoms with Crippen molar-refractivity contribution in [3.05, 3.63) is 82.4 Å². The Hall–Kier alpha value is -4.29. The molecule has 0 saturated carbocycles. The summed E-state index contributed by atoms with van der Waals surface area (Å²) in [6.07, 6.45) is 2.61. The van der Waals surface area contributed by atoms with Crippen molar-refractivity contribution in [2.45, 2.75) is 44.2 Å². The van der Waals surface area contributed by atoms with E-state index in [0.717, 1.165) is 11.1 Å². The Morgan fingerprint density at radius 2 is 1.87 bits per heavy atom. The van der Waals surface area contributed by atoms with Gasteiger partial charge in [0, 0.05) is 32.1 Å². The largest absolute Gasteiger partial charge is 0.388 e. The number of amides is 1. The molecule has 1 fully saturated rings. The zero-order valence-electron chi connectivity index (χ0n) is 21.5. The Balaban J connectivity index is 1.29. The van der Waals surface area contributed by atoms with Gasteiger partial charge in [-0.05, 0) is 36.5 Å². The molecule has 0 bridgehead atoms. The van der Waals surface area contributed by atoms with E-state index in [1.807, 2.05) is 43.3 Å². The summed E-state index contributed by atoms with van der Waals surface area (Å²) < 4.78 is 2.99. The van der Waals surface area contributed by atoms with Gasteiger partial charge in [-0.15, -0.1) is 0 Å². The molecule has 4 aromatic rings. The lowest BCUT2D eigenvalue weighted by molar-refractivity contribution is -0.136. The maximum Gasteiger partial charge on any atom is 0.281 e. The van der Waals surface area contributed by atoms with Crippen LogP contribution in [0.1, 0.15) is 43.2 Å². The van der Waals surface area contributed by atoms with Crippen molar-refractivity contribution in [3.8, 4) is 17.3 Å². The second kappa shape index (κ2) is 10.2. The highest BCUT2D eigenvalue weighted by molar-refractivity contribution is 5.89. The minimum absolute atomic E-state index is 0.0742. The quantitative estimate of drug-likeness (QED) is 0.426. The molecule has 1 saturated heterocycles. The third kappa shape index (κ3) is 4.95. The summed E-state index contributed by atoms with van der Waals surface area (Å²) in [5.74, 6) is 0.191. The molecule has 1 amide bonds. The number of aliphatic hydroxyl groups is 1. The maximum absolute atomic E-state index is 13.3. The number of hydrogen-bond donors (Lipinski definition) is 1. The first-order valence-electron chi connectivity index (χ1n) is 12.8. The van der Waals surface area contributed by atoms with Gasteiger partial charge in [0.25, 0.3) is 5.56 Å². The van der Waals surface area contributed by atoms with Crippen LogP contribution in [0.3, 0.4) is 0 Å². The predicted molar refractivity (Wildman–Crippen MR) is 143 cm³/mol. The van der Waals surface area contributed by atoms with Crippen LogP contribution in [0.4, 0.5) is 0 Å². The zero-order valence-corrected chi connectivity index (χ0v) is 21.5. The van der Waals surface area contributed by atoms with Crippen LogP contribution in [0.15, 0.2) is 65.7 Å². The average Bonchev–Trinajstić information content (AvgIpc) is 3.27. The molecule has 5 rings (SSSR count). The predicted octanol–water partition coefficient (Wildman–Crippen LogP) is 3.22. The van der Waals surface area contributed by atoms with Crippen LogP contribution in [-0.2, 0) is 18.4 Å². The number of nitriles is 1. The molecule has 38 heavy (non-hydrogen) atoms. The molecule has 2 aromatic heterocycles. The highest BCUT2D eigenvalue weighted by atomic mass is 16.3. The Bertz CT molecular complexity index is 1580. The minimum Gasteiger partial charge on any atom is -0.388 e. The first kappa shape index (κ1) is 25.4. The molecular weight excluding hydrogens is 480 g/mol. The topological polar surface area (TPSA) is 117 Å². The third-order valence-electron chi connectivity index (χ3n) is 7.44. The van der Waals surface area contributed by atoms with E-state index in [1.165, 1.54) is 10.9 Å². The van der Waals surface area contributed by atoms with Crippen LogP contribution in [0, 0.1) is 11.3 Å². The molecule has 194 valence electrons. The van der Waals surface area contributed by atoms with Crippen molar-refractivity contribution < 1.29 is 9.90 Å². The van der Waals surface area contributed by atoms with E-state index in [4.69, 9.17) is 0 Å². The molecule has 0 aliphatic carbocycles. The van der Waals surface area contributed by atoms with Crippen LogP contribution < -0.4 is 5.56 Å². The van der Waals surface area contributed by atoms with Crippen molar-refractivity contribution in [3.63, 3.8) is 0 Å². The van der Waals surface area contributed by atoms with Crippen LogP contribution in [-0.4, -0.2) is 53.9 Å². The van der Waals surface area contributed by atoms with Gasteiger partial charge in [0.15, 0.2) is 5.52 Å². The maximum atomic E-state index is 13.3. The summed E-state index contributed by atoms with van der Waals surface area (Å²) >= 11 is 0. The number of carbonyl (C=O) groups excluding carboxylic acids is 1. The van der Waals surface area contributed by atoms with Crippen molar-refractivity contribution in [2.24, 2.45) is 7.05 Å². The van der Waals surface area contributed by atoms with Gasteiger partial charge in [-0.3, -0.25) is 18.8 Å². The average molecular weight is 511 g/mol. The smallest absolute Gasteiger partial charge is 0.281 e. The molecule has 0 spiro atoms. The van der Waals surface area contributed by atoms with Crippen molar-refractivity contribution in [1.29, 1.82) is 5.26 Å². The summed E-state index contributed by atoms with van der Waals surface area (Å²) in [7, 11) is 1.73. The Morgan fingerprint density at radius 1 is 1.13 bits per heavy atom. The third-order valence-corrected chi connectivity index (χ3v) is 7.44. The van der Waals surface area contributed by atoms with Crippen molar-refractivity contribution in [1.82, 2.24) is 24.2 Å². The number of aromatic nitrogens is 4. The first-order chi connectivity index (χ1) is 18.3. The lowest BCUT2D eigenvalue weighted by Crippen LogP contribution is -2.49. The van der Waals surface area contributed by atoms with Crippen LogP contribution in [0.25, 0.3) is 22.3 Å². The van der Waals surface area contributed by atoms with E-state index in [2.05, 4.69) is 16.2 Å². The van der Waals surface area contributed by atoms with Crippen molar-refractivity contribution in [2.75, 3.05) is 13.1 Å². The highest BCUT2D eigenvalue weighted by Gasteiger charge is 2.35. The van der Waals surface area contributed by atoms with Gasteiger partial charge in [0.2, 0.25) is 5.91 Å². The summed E-state index contributed by atoms with van der Waals surface area (Å²) in [5, 5.41) is 25.0. The second-order valence-corrected chi connectivity index (χ2v) is 10.2. The van der Waals surface area contributed by atoms with Gasteiger partial charge < -0.3 is 10.0 Å².